The molecule has 0 aliphatic carbocycles. The molecule has 1 fully saturated rings. The molecule has 1 N–H and O–H groups in total. The molecular formula is C10H11FO3. The standard InChI is InChI=1S/C10H11FO3/c11-7-2-1-3-8(4-7)14-10-6-13-5-9(10)12/h1-4,9-10,12H,5-6H2/t9-,10-/m0/s1. The van der Waals surface area contributed by atoms with E-state index in [1.165, 1.54) is 12.1 Å². The zero-order valence-corrected chi connectivity index (χ0v) is 7.52. The van der Waals surface area contributed by atoms with E-state index in [0.717, 1.165) is 0 Å². The van der Waals surface area contributed by atoms with Crippen LogP contribution >= 0.6 is 0 Å². The molecule has 0 unspecified atom stereocenters. The Bertz CT molecular complexity index is 316. The molecule has 1 aromatic rings. The average molecular weight is 198 g/mol. The van der Waals surface area contributed by atoms with Gasteiger partial charge in [0.2, 0.25) is 0 Å². The SMILES string of the molecule is O[C@H]1COC[C@@H]1Oc1cccc(F)c1. The third-order valence-corrected chi connectivity index (χ3v) is 2.08. The van der Waals surface area contributed by atoms with Crippen molar-refractivity contribution in [3.8, 4) is 5.75 Å². The van der Waals surface area contributed by atoms with Crippen LogP contribution in [0.3, 0.4) is 0 Å². The second kappa shape index (κ2) is 3.94. The van der Waals surface area contributed by atoms with Crippen LogP contribution in [0.5, 0.6) is 5.75 Å². The van der Waals surface area contributed by atoms with Crippen LogP contribution in [0.15, 0.2) is 24.3 Å². The summed E-state index contributed by atoms with van der Waals surface area (Å²) in [6.45, 7) is 0.623. The summed E-state index contributed by atoms with van der Waals surface area (Å²) in [4.78, 5) is 0. The summed E-state index contributed by atoms with van der Waals surface area (Å²) in [5, 5.41) is 9.38. The molecule has 1 heterocycles. The fraction of sp³-hybridized carbons (Fsp3) is 0.400. The first-order chi connectivity index (χ1) is 6.75. The fourth-order valence-corrected chi connectivity index (χ4v) is 1.35. The van der Waals surface area contributed by atoms with Gasteiger partial charge in [-0.25, -0.2) is 4.39 Å². The topological polar surface area (TPSA) is 38.7 Å². The highest BCUT2D eigenvalue weighted by atomic mass is 19.1. The van der Waals surface area contributed by atoms with Crippen molar-refractivity contribution in [2.45, 2.75) is 12.2 Å². The van der Waals surface area contributed by atoms with Gasteiger partial charge in [0.25, 0.3) is 0 Å². The molecule has 1 aliphatic heterocycles. The largest absolute Gasteiger partial charge is 0.485 e. The lowest BCUT2D eigenvalue weighted by molar-refractivity contribution is 0.0731. The number of benzene rings is 1. The first-order valence-corrected chi connectivity index (χ1v) is 4.44. The van der Waals surface area contributed by atoms with E-state index in [9.17, 15) is 9.50 Å². The van der Waals surface area contributed by atoms with E-state index < -0.39 is 12.2 Å². The Morgan fingerprint density at radius 1 is 1.43 bits per heavy atom. The number of hydrogen-bond acceptors (Lipinski definition) is 3. The summed E-state index contributed by atoms with van der Waals surface area (Å²) in [5.74, 6) is 0.0652. The van der Waals surface area contributed by atoms with E-state index >= 15 is 0 Å². The van der Waals surface area contributed by atoms with Gasteiger partial charge in [0, 0.05) is 6.07 Å². The molecule has 4 heteroatoms. The Balaban J connectivity index is 2.03. The van der Waals surface area contributed by atoms with Crippen LogP contribution in [-0.2, 0) is 4.74 Å². The molecule has 0 bridgehead atoms. The minimum atomic E-state index is -0.627. The smallest absolute Gasteiger partial charge is 0.150 e. The zero-order chi connectivity index (χ0) is 9.97. The fourth-order valence-electron chi connectivity index (χ4n) is 1.35. The van der Waals surface area contributed by atoms with E-state index in [1.807, 2.05) is 0 Å². The quantitative estimate of drug-likeness (QED) is 0.769. The van der Waals surface area contributed by atoms with Gasteiger partial charge in [-0.1, -0.05) is 6.07 Å². The predicted molar refractivity (Wildman–Crippen MR) is 47.6 cm³/mol. The van der Waals surface area contributed by atoms with Crippen molar-refractivity contribution in [2.75, 3.05) is 13.2 Å². The van der Waals surface area contributed by atoms with Crippen LogP contribution in [0, 0.1) is 5.82 Å². The predicted octanol–water partition coefficient (Wildman–Crippen LogP) is 0.964. The van der Waals surface area contributed by atoms with Gasteiger partial charge in [-0.15, -0.1) is 0 Å². The number of aliphatic hydroxyl groups is 1. The molecule has 0 spiro atoms. The Morgan fingerprint density at radius 3 is 2.93 bits per heavy atom. The van der Waals surface area contributed by atoms with E-state index in [4.69, 9.17) is 9.47 Å². The van der Waals surface area contributed by atoms with E-state index in [0.29, 0.717) is 12.4 Å². The molecule has 14 heavy (non-hydrogen) atoms. The van der Waals surface area contributed by atoms with Crippen molar-refractivity contribution in [2.24, 2.45) is 0 Å². The minimum Gasteiger partial charge on any atom is -0.485 e. The van der Waals surface area contributed by atoms with Gasteiger partial charge >= 0.3 is 0 Å². The van der Waals surface area contributed by atoms with Crippen LogP contribution in [0.1, 0.15) is 0 Å². The molecule has 2 atom stereocenters. The number of halogens is 1. The van der Waals surface area contributed by atoms with Crippen LogP contribution in [0.25, 0.3) is 0 Å². The highest BCUT2D eigenvalue weighted by molar-refractivity contribution is 5.22. The summed E-state index contributed by atoms with van der Waals surface area (Å²) in [6, 6.07) is 5.83. The van der Waals surface area contributed by atoms with E-state index in [-0.39, 0.29) is 12.4 Å². The normalized spacial score (nSPS) is 26.4. The highest BCUT2D eigenvalue weighted by Gasteiger charge is 2.27. The lowest BCUT2D eigenvalue weighted by Crippen LogP contribution is -2.29. The van der Waals surface area contributed by atoms with Gasteiger partial charge in [0.15, 0.2) is 0 Å². The molecule has 1 saturated heterocycles. The third kappa shape index (κ3) is 2.02. The van der Waals surface area contributed by atoms with Crippen molar-refractivity contribution in [3.63, 3.8) is 0 Å². The number of ether oxygens (including phenoxy) is 2. The molecule has 1 aliphatic rings. The second-order valence-corrected chi connectivity index (χ2v) is 3.22. The Morgan fingerprint density at radius 2 is 2.29 bits per heavy atom. The van der Waals surface area contributed by atoms with Gasteiger partial charge in [0.05, 0.1) is 13.2 Å². The maximum atomic E-state index is 12.8. The number of rotatable bonds is 2. The zero-order valence-electron chi connectivity index (χ0n) is 7.52. The van der Waals surface area contributed by atoms with E-state index in [2.05, 4.69) is 0 Å². The maximum Gasteiger partial charge on any atom is 0.150 e. The maximum absolute atomic E-state index is 12.8. The van der Waals surface area contributed by atoms with Gasteiger partial charge in [-0.2, -0.15) is 0 Å². The van der Waals surface area contributed by atoms with Gasteiger partial charge in [-0.3, -0.25) is 0 Å². The molecular weight excluding hydrogens is 187 g/mol. The first kappa shape index (κ1) is 9.43. The molecule has 0 amide bonds. The molecule has 76 valence electrons. The highest BCUT2D eigenvalue weighted by Crippen LogP contribution is 2.17. The van der Waals surface area contributed by atoms with Crippen LogP contribution in [0.4, 0.5) is 4.39 Å². The molecule has 0 aromatic heterocycles. The summed E-state index contributed by atoms with van der Waals surface area (Å²) < 4.78 is 23.1. The van der Waals surface area contributed by atoms with Crippen LogP contribution < -0.4 is 4.74 Å². The van der Waals surface area contributed by atoms with Gasteiger partial charge in [0.1, 0.15) is 23.8 Å². The number of hydrogen-bond donors (Lipinski definition) is 1. The lowest BCUT2D eigenvalue weighted by atomic mass is 10.2. The van der Waals surface area contributed by atoms with E-state index in [1.54, 1.807) is 12.1 Å². The van der Waals surface area contributed by atoms with Crippen molar-refractivity contribution < 1.29 is 19.0 Å². The summed E-state index contributed by atoms with van der Waals surface area (Å²) in [5.41, 5.74) is 0. The molecule has 0 saturated carbocycles. The van der Waals surface area contributed by atoms with Crippen LogP contribution in [0.2, 0.25) is 0 Å². The summed E-state index contributed by atoms with van der Waals surface area (Å²) in [7, 11) is 0. The molecule has 2 rings (SSSR count). The third-order valence-electron chi connectivity index (χ3n) is 2.08. The molecule has 0 radical (unpaired) electrons. The second-order valence-electron chi connectivity index (χ2n) is 3.22. The monoisotopic (exact) mass is 198 g/mol. The Hall–Kier alpha value is -1.13. The average Bonchev–Trinajstić information content (AvgIpc) is 2.52. The van der Waals surface area contributed by atoms with Crippen molar-refractivity contribution in [1.29, 1.82) is 0 Å². The Labute approximate surface area is 81.1 Å². The summed E-state index contributed by atoms with van der Waals surface area (Å²) in [6.07, 6.45) is -1.02. The van der Waals surface area contributed by atoms with Crippen molar-refractivity contribution in [1.82, 2.24) is 0 Å². The van der Waals surface area contributed by atoms with Gasteiger partial charge in [-0.05, 0) is 12.1 Å². The summed E-state index contributed by atoms with van der Waals surface area (Å²) >= 11 is 0. The molecule has 3 nitrogen and oxygen atoms in total. The molecule has 1 aromatic carbocycles. The van der Waals surface area contributed by atoms with Crippen molar-refractivity contribution in [3.05, 3.63) is 30.1 Å². The number of aliphatic hydroxyl groups excluding tert-OH is 1. The van der Waals surface area contributed by atoms with Crippen molar-refractivity contribution >= 4 is 0 Å². The Kier molecular flexibility index (Phi) is 2.65. The minimum absolute atomic E-state index is 0.278. The first-order valence-electron chi connectivity index (χ1n) is 4.44. The lowest BCUT2D eigenvalue weighted by Gasteiger charge is -2.14. The van der Waals surface area contributed by atoms with Gasteiger partial charge < -0.3 is 14.6 Å². The van der Waals surface area contributed by atoms with Crippen LogP contribution in [-0.4, -0.2) is 30.5 Å².